The van der Waals surface area contributed by atoms with Crippen LogP contribution in [0.2, 0.25) is 0 Å². The Morgan fingerprint density at radius 3 is 2.41 bits per heavy atom. The summed E-state index contributed by atoms with van der Waals surface area (Å²) in [4.78, 5) is 25.0. The van der Waals surface area contributed by atoms with Crippen molar-refractivity contribution < 1.29 is 9.59 Å². The number of nitrogens with zero attached hydrogens (tertiary/aromatic N) is 1. The Bertz CT molecular complexity index is 397. The molecule has 2 aliphatic rings. The predicted octanol–water partition coefficient (Wildman–Crippen LogP) is 1.00. The summed E-state index contributed by atoms with van der Waals surface area (Å²) in [5.41, 5.74) is 2.52. The lowest BCUT2D eigenvalue weighted by Crippen LogP contribution is -2.33. The van der Waals surface area contributed by atoms with Crippen LogP contribution in [0.25, 0.3) is 0 Å². The zero-order valence-corrected chi connectivity index (χ0v) is 10.4. The fourth-order valence-corrected chi connectivity index (χ4v) is 2.17. The first kappa shape index (κ1) is 12.0. The van der Waals surface area contributed by atoms with Crippen LogP contribution in [0.4, 0.5) is 0 Å². The smallest absolute Gasteiger partial charge is 0.256 e. The molecule has 0 saturated heterocycles. The largest absolute Gasteiger partial charge is 0.313 e. The molecule has 4 heteroatoms. The van der Waals surface area contributed by atoms with Crippen LogP contribution in [0.5, 0.6) is 0 Å². The minimum absolute atomic E-state index is 0.123. The highest BCUT2D eigenvalue weighted by Crippen LogP contribution is 2.21. The van der Waals surface area contributed by atoms with Crippen LogP contribution in [-0.4, -0.2) is 36.3 Å². The van der Waals surface area contributed by atoms with E-state index in [0.29, 0.717) is 17.7 Å². The van der Waals surface area contributed by atoms with Gasteiger partial charge in [0.2, 0.25) is 0 Å². The van der Waals surface area contributed by atoms with Gasteiger partial charge < -0.3 is 5.32 Å². The number of carbonyl (C=O) groups excluding carboxylic acids is 2. The Hall–Kier alpha value is -1.42. The van der Waals surface area contributed by atoms with Crippen molar-refractivity contribution in [3.8, 4) is 0 Å². The fourth-order valence-electron chi connectivity index (χ4n) is 2.17. The monoisotopic (exact) mass is 234 g/mol. The molecular formula is C13H18N2O2. The average molecular weight is 234 g/mol. The van der Waals surface area contributed by atoms with E-state index < -0.39 is 0 Å². The predicted molar refractivity (Wildman–Crippen MR) is 65.3 cm³/mol. The van der Waals surface area contributed by atoms with Crippen LogP contribution >= 0.6 is 0 Å². The molecule has 1 N–H and O–H groups in total. The van der Waals surface area contributed by atoms with E-state index in [9.17, 15) is 9.59 Å². The fraction of sp³-hybridized carbons (Fsp3) is 0.538. The summed E-state index contributed by atoms with van der Waals surface area (Å²) in [6.45, 7) is 5.84. The summed E-state index contributed by atoms with van der Waals surface area (Å²) in [5.74, 6) is -0.246. The molecule has 0 unspecified atom stereocenters. The highest BCUT2D eigenvalue weighted by Gasteiger charge is 2.32. The number of nitrogens with one attached hydrogen (secondary N) is 1. The zero-order chi connectivity index (χ0) is 12.4. The molecule has 0 aromatic carbocycles. The van der Waals surface area contributed by atoms with Crippen LogP contribution in [-0.2, 0) is 9.59 Å². The average Bonchev–Trinajstić information content (AvgIpc) is 2.54. The van der Waals surface area contributed by atoms with Crippen molar-refractivity contribution in [2.75, 3.05) is 19.6 Å². The first-order valence-electron chi connectivity index (χ1n) is 6.03. The Morgan fingerprint density at radius 2 is 1.88 bits per heavy atom. The third kappa shape index (κ3) is 2.31. The Morgan fingerprint density at radius 1 is 1.24 bits per heavy atom. The summed E-state index contributed by atoms with van der Waals surface area (Å²) in [6.07, 6.45) is 3.98. The van der Waals surface area contributed by atoms with E-state index in [4.69, 9.17) is 0 Å². The van der Waals surface area contributed by atoms with E-state index in [2.05, 4.69) is 11.4 Å². The van der Waals surface area contributed by atoms with E-state index in [1.807, 2.05) is 0 Å². The Kier molecular flexibility index (Phi) is 3.43. The summed E-state index contributed by atoms with van der Waals surface area (Å²) in [5, 5.41) is 3.24. The summed E-state index contributed by atoms with van der Waals surface area (Å²) < 4.78 is 0. The topological polar surface area (TPSA) is 49.4 Å². The molecular weight excluding hydrogens is 216 g/mol. The van der Waals surface area contributed by atoms with E-state index in [0.717, 1.165) is 25.9 Å². The number of imide groups is 1. The molecule has 0 aliphatic carbocycles. The van der Waals surface area contributed by atoms with E-state index in [1.165, 1.54) is 10.5 Å². The molecule has 17 heavy (non-hydrogen) atoms. The molecule has 2 amide bonds. The van der Waals surface area contributed by atoms with Crippen molar-refractivity contribution in [3.05, 3.63) is 22.8 Å². The number of hydrogen-bond acceptors (Lipinski definition) is 3. The Balaban J connectivity index is 1.95. The number of amides is 2. The highest BCUT2D eigenvalue weighted by molar-refractivity contribution is 6.18. The molecule has 0 aromatic rings. The molecule has 0 radical (unpaired) electrons. The first-order chi connectivity index (χ1) is 8.11. The van der Waals surface area contributed by atoms with Crippen LogP contribution in [0.15, 0.2) is 22.8 Å². The van der Waals surface area contributed by atoms with Crippen molar-refractivity contribution in [2.24, 2.45) is 0 Å². The molecule has 0 aromatic heterocycles. The maximum atomic E-state index is 11.8. The molecule has 0 fully saturated rings. The summed E-state index contributed by atoms with van der Waals surface area (Å²) in [7, 11) is 0. The van der Waals surface area contributed by atoms with Crippen molar-refractivity contribution in [1.29, 1.82) is 0 Å². The molecule has 0 bridgehead atoms. The van der Waals surface area contributed by atoms with Gasteiger partial charge >= 0.3 is 0 Å². The van der Waals surface area contributed by atoms with Gasteiger partial charge in [-0.05, 0) is 33.2 Å². The van der Waals surface area contributed by atoms with Gasteiger partial charge in [-0.25, -0.2) is 0 Å². The molecule has 0 atom stereocenters. The van der Waals surface area contributed by atoms with Crippen LogP contribution in [0.3, 0.4) is 0 Å². The van der Waals surface area contributed by atoms with E-state index >= 15 is 0 Å². The highest BCUT2D eigenvalue weighted by atomic mass is 16.2. The quantitative estimate of drug-likeness (QED) is 0.585. The molecule has 92 valence electrons. The van der Waals surface area contributed by atoms with Crippen molar-refractivity contribution in [3.63, 3.8) is 0 Å². The lowest BCUT2D eigenvalue weighted by Gasteiger charge is -2.18. The van der Waals surface area contributed by atoms with Crippen molar-refractivity contribution >= 4 is 11.8 Å². The number of hydrogen-bond donors (Lipinski definition) is 1. The van der Waals surface area contributed by atoms with Crippen LogP contribution in [0, 0.1) is 0 Å². The second kappa shape index (κ2) is 4.84. The van der Waals surface area contributed by atoms with Gasteiger partial charge in [0, 0.05) is 24.2 Å². The number of carbonyl (C=O) groups is 2. The zero-order valence-electron chi connectivity index (χ0n) is 10.4. The lowest BCUT2D eigenvalue weighted by atomic mass is 10.1. The first-order valence-corrected chi connectivity index (χ1v) is 6.03. The molecule has 4 nitrogen and oxygen atoms in total. The number of rotatable bonds is 3. The van der Waals surface area contributed by atoms with Gasteiger partial charge in [-0.3, -0.25) is 14.5 Å². The van der Waals surface area contributed by atoms with Crippen LogP contribution < -0.4 is 5.32 Å². The van der Waals surface area contributed by atoms with Gasteiger partial charge in [-0.15, -0.1) is 0 Å². The molecule has 2 aliphatic heterocycles. The summed E-state index contributed by atoms with van der Waals surface area (Å²) >= 11 is 0. The molecule has 0 saturated carbocycles. The maximum Gasteiger partial charge on any atom is 0.256 e. The molecule has 0 spiro atoms. The molecule has 2 heterocycles. The minimum Gasteiger partial charge on any atom is -0.313 e. The van der Waals surface area contributed by atoms with Gasteiger partial charge in [-0.1, -0.05) is 11.6 Å². The summed E-state index contributed by atoms with van der Waals surface area (Å²) in [6, 6.07) is 0. The van der Waals surface area contributed by atoms with Crippen molar-refractivity contribution in [2.45, 2.75) is 26.7 Å². The van der Waals surface area contributed by atoms with Gasteiger partial charge in [0.05, 0.1) is 0 Å². The second-order valence-corrected chi connectivity index (χ2v) is 4.58. The van der Waals surface area contributed by atoms with E-state index in [-0.39, 0.29) is 11.8 Å². The normalized spacial score (nSPS) is 21.3. The lowest BCUT2D eigenvalue weighted by molar-refractivity contribution is -0.137. The maximum absolute atomic E-state index is 11.8. The Labute approximate surface area is 101 Å². The van der Waals surface area contributed by atoms with Crippen LogP contribution in [0.1, 0.15) is 26.7 Å². The van der Waals surface area contributed by atoms with Gasteiger partial charge in [0.15, 0.2) is 0 Å². The minimum atomic E-state index is -0.123. The SMILES string of the molecule is CC1=C(C)C(=O)N(CCC2=CCNCC2)C1=O. The second-order valence-electron chi connectivity index (χ2n) is 4.58. The molecule has 2 rings (SSSR count). The standard InChI is InChI=1S/C13H18N2O2/c1-9-10(2)13(17)15(12(9)16)8-5-11-3-6-14-7-4-11/h3,14H,4-8H2,1-2H3. The van der Waals surface area contributed by atoms with E-state index in [1.54, 1.807) is 13.8 Å². The van der Waals surface area contributed by atoms with Gasteiger partial charge in [-0.2, -0.15) is 0 Å². The van der Waals surface area contributed by atoms with Gasteiger partial charge in [0.25, 0.3) is 11.8 Å². The van der Waals surface area contributed by atoms with Gasteiger partial charge in [0.1, 0.15) is 0 Å². The third-order valence-electron chi connectivity index (χ3n) is 3.51. The third-order valence-corrected chi connectivity index (χ3v) is 3.51. The van der Waals surface area contributed by atoms with Crippen molar-refractivity contribution in [1.82, 2.24) is 10.2 Å².